The molecule has 0 aliphatic heterocycles. The van der Waals surface area contributed by atoms with Crippen molar-refractivity contribution < 1.29 is 4.79 Å². The number of benzene rings is 1. The second kappa shape index (κ2) is 4.79. The Kier molecular flexibility index (Phi) is 3.19. The van der Waals surface area contributed by atoms with Crippen LogP contribution in [0.15, 0.2) is 35.7 Å². The van der Waals surface area contributed by atoms with Crippen molar-refractivity contribution in [1.29, 1.82) is 0 Å². The molecule has 0 N–H and O–H groups in total. The fraction of sp³-hybridized carbons (Fsp3) is 0.182. The van der Waals surface area contributed by atoms with Crippen LogP contribution in [0.1, 0.15) is 22.5 Å². The van der Waals surface area contributed by atoms with Crippen molar-refractivity contribution >= 4 is 17.3 Å². The molecule has 0 fully saturated rings. The first-order valence-corrected chi connectivity index (χ1v) is 5.54. The molecular weight excluding hydrogens is 208 g/mol. The number of Topliss-reactive ketones (excluding diaryl/α,β-unsaturated/α-hetero) is 1. The predicted octanol–water partition coefficient (Wildman–Crippen LogP) is 2.35. The maximum Gasteiger partial charge on any atom is 0.184 e. The molecule has 0 radical (unpaired) electrons. The number of nitrogens with zero attached hydrogens (tertiary/aromatic N) is 2. The first kappa shape index (κ1) is 9.98. The van der Waals surface area contributed by atoms with Crippen molar-refractivity contribution in [1.82, 2.24) is 9.59 Å². The molecule has 15 heavy (non-hydrogen) atoms. The Hall–Kier alpha value is -1.55. The molecule has 1 aromatic carbocycles. The van der Waals surface area contributed by atoms with Gasteiger partial charge in [0.05, 0.1) is 0 Å². The van der Waals surface area contributed by atoms with Crippen LogP contribution in [0.5, 0.6) is 0 Å². The van der Waals surface area contributed by atoms with Crippen LogP contribution in [0.2, 0.25) is 0 Å². The highest BCUT2D eigenvalue weighted by molar-refractivity contribution is 7.03. The zero-order valence-electron chi connectivity index (χ0n) is 8.09. The summed E-state index contributed by atoms with van der Waals surface area (Å²) in [5.74, 6) is 0.0626. The molecule has 0 aliphatic carbocycles. The lowest BCUT2D eigenvalue weighted by molar-refractivity contribution is 0.0978. The lowest BCUT2D eigenvalue weighted by Gasteiger charge is -1.98. The monoisotopic (exact) mass is 218 g/mol. The van der Waals surface area contributed by atoms with Crippen LogP contribution < -0.4 is 0 Å². The Labute approximate surface area is 91.9 Å². The Morgan fingerprint density at radius 1 is 1.27 bits per heavy atom. The van der Waals surface area contributed by atoms with Gasteiger partial charge in [-0.2, -0.15) is 0 Å². The summed E-state index contributed by atoms with van der Waals surface area (Å²) in [7, 11) is 0. The summed E-state index contributed by atoms with van der Waals surface area (Å²) < 4.78 is 3.67. The fourth-order valence-electron chi connectivity index (χ4n) is 1.32. The third kappa shape index (κ3) is 2.70. The van der Waals surface area contributed by atoms with E-state index >= 15 is 0 Å². The third-order valence-corrected chi connectivity index (χ3v) is 2.63. The van der Waals surface area contributed by atoms with E-state index in [-0.39, 0.29) is 5.78 Å². The van der Waals surface area contributed by atoms with Crippen LogP contribution in [0, 0.1) is 0 Å². The minimum atomic E-state index is 0.0626. The van der Waals surface area contributed by atoms with Crippen molar-refractivity contribution in [2.24, 2.45) is 0 Å². The normalized spacial score (nSPS) is 10.1. The SMILES string of the molecule is O=C(CCc1ccccc1)c1csnn1. The number of hydrogen-bond donors (Lipinski definition) is 0. The maximum absolute atomic E-state index is 11.6. The maximum atomic E-state index is 11.6. The van der Waals surface area contributed by atoms with E-state index < -0.39 is 0 Å². The average molecular weight is 218 g/mol. The van der Waals surface area contributed by atoms with Crippen LogP contribution in [-0.4, -0.2) is 15.4 Å². The summed E-state index contributed by atoms with van der Waals surface area (Å²) in [6.07, 6.45) is 1.26. The molecule has 0 saturated heterocycles. The standard InChI is InChI=1S/C11H10N2OS/c14-11(10-8-15-13-12-10)7-6-9-4-2-1-3-5-9/h1-5,8H,6-7H2. The molecule has 0 amide bonds. The molecule has 3 nitrogen and oxygen atoms in total. The predicted molar refractivity (Wildman–Crippen MR) is 59.0 cm³/mol. The van der Waals surface area contributed by atoms with E-state index in [2.05, 4.69) is 9.59 Å². The van der Waals surface area contributed by atoms with Gasteiger partial charge in [0.15, 0.2) is 5.78 Å². The minimum absolute atomic E-state index is 0.0626. The quantitative estimate of drug-likeness (QED) is 0.740. The van der Waals surface area contributed by atoms with Crippen LogP contribution in [0.3, 0.4) is 0 Å². The van der Waals surface area contributed by atoms with Crippen LogP contribution in [-0.2, 0) is 6.42 Å². The molecular formula is C11H10N2OS. The highest BCUT2D eigenvalue weighted by Gasteiger charge is 2.08. The van der Waals surface area contributed by atoms with E-state index in [0.29, 0.717) is 12.1 Å². The third-order valence-electron chi connectivity index (χ3n) is 2.13. The second-order valence-electron chi connectivity index (χ2n) is 3.20. The van der Waals surface area contributed by atoms with Gasteiger partial charge in [-0.25, -0.2) is 0 Å². The van der Waals surface area contributed by atoms with Gasteiger partial charge in [0.1, 0.15) is 5.69 Å². The Balaban J connectivity index is 1.92. The molecule has 76 valence electrons. The van der Waals surface area contributed by atoms with E-state index in [1.54, 1.807) is 5.38 Å². The largest absolute Gasteiger partial charge is 0.292 e. The zero-order valence-corrected chi connectivity index (χ0v) is 8.91. The molecule has 0 aliphatic rings. The molecule has 1 aromatic heterocycles. The summed E-state index contributed by atoms with van der Waals surface area (Å²) in [5.41, 5.74) is 1.66. The van der Waals surface area contributed by atoms with Crippen molar-refractivity contribution in [3.8, 4) is 0 Å². The lowest BCUT2D eigenvalue weighted by atomic mass is 10.1. The van der Waals surface area contributed by atoms with E-state index in [1.807, 2.05) is 30.3 Å². The van der Waals surface area contributed by atoms with E-state index in [1.165, 1.54) is 17.1 Å². The Bertz CT molecular complexity index is 425. The first-order valence-electron chi connectivity index (χ1n) is 4.70. The Morgan fingerprint density at radius 2 is 2.07 bits per heavy atom. The molecule has 0 spiro atoms. The van der Waals surface area contributed by atoms with Crippen LogP contribution in [0.25, 0.3) is 0 Å². The van der Waals surface area contributed by atoms with Gasteiger partial charge in [-0.1, -0.05) is 34.8 Å². The topological polar surface area (TPSA) is 42.9 Å². The van der Waals surface area contributed by atoms with Crippen molar-refractivity contribution in [3.05, 3.63) is 47.0 Å². The molecule has 2 aromatic rings. The molecule has 2 rings (SSSR count). The number of ketones is 1. The molecule has 4 heteroatoms. The summed E-state index contributed by atoms with van der Waals surface area (Å²) in [6, 6.07) is 9.96. The smallest absolute Gasteiger partial charge is 0.184 e. The number of aryl methyl sites for hydroxylation is 1. The van der Waals surface area contributed by atoms with Gasteiger partial charge in [-0.05, 0) is 23.5 Å². The molecule has 0 saturated carbocycles. The fourth-order valence-corrected chi connectivity index (χ4v) is 1.78. The summed E-state index contributed by atoms with van der Waals surface area (Å²) >= 11 is 1.21. The number of hydrogen-bond acceptors (Lipinski definition) is 4. The van der Waals surface area contributed by atoms with E-state index in [0.717, 1.165) is 6.42 Å². The van der Waals surface area contributed by atoms with Gasteiger partial charge in [0.25, 0.3) is 0 Å². The zero-order chi connectivity index (χ0) is 10.5. The van der Waals surface area contributed by atoms with Gasteiger partial charge < -0.3 is 0 Å². The molecule has 0 atom stereocenters. The Morgan fingerprint density at radius 3 is 2.73 bits per heavy atom. The first-order chi connectivity index (χ1) is 7.36. The average Bonchev–Trinajstić information content (AvgIpc) is 2.81. The number of aromatic nitrogens is 2. The van der Waals surface area contributed by atoms with Crippen LogP contribution in [0.4, 0.5) is 0 Å². The molecule has 0 unspecified atom stereocenters. The van der Waals surface area contributed by atoms with Gasteiger partial charge in [0.2, 0.25) is 0 Å². The highest BCUT2D eigenvalue weighted by Crippen LogP contribution is 2.07. The van der Waals surface area contributed by atoms with Gasteiger partial charge in [-0.3, -0.25) is 4.79 Å². The second-order valence-corrected chi connectivity index (χ2v) is 3.81. The van der Waals surface area contributed by atoms with Crippen molar-refractivity contribution in [2.75, 3.05) is 0 Å². The number of carbonyl (C=O) groups is 1. The van der Waals surface area contributed by atoms with Gasteiger partial charge in [-0.15, -0.1) is 5.10 Å². The van der Waals surface area contributed by atoms with Gasteiger partial charge >= 0.3 is 0 Å². The summed E-state index contributed by atoms with van der Waals surface area (Å²) in [4.78, 5) is 11.6. The van der Waals surface area contributed by atoms with Crippen LogP contribution >= 0.6 is 11.5 Å². The summed E-state index contributed by atoms with van der Waals surface area (Å²) in [5, 5.41) is 5.44. The minimum Gasteiger partial charge on any atom is -0.292 e. The number of carbonyl (C=O) groups excluding carboxylic acids is 1. The van der Waals surface area contributed by atoms with Gasteiger partial charge in [0, 0.05) is 11.8 Å². The van der Waals surface area contributed by atoms with E-state index in [9.17, 15) is 4.79 Å². The van der Waals surface area contributed by atoms with Crippen molar-refractivity contribution in [3.63, 3.8) is 0 Å². The number of rotatable bonds is 4. The molecule has 0 bridgehead atoms. The lowest BCUT2D eigenvalue weighted by Crippen LogP contribution is -2.01. The molecule has 1 heterocycles. The van der Waals surface area contributed by atoms with E-state index in [4.69, 9.17) is 0 Å². The van der Waals surface area contributed by atoms with Crippen molar-refractivity contribution in [2.45, 2.75) is 12.8 Å². The highest BCUT2D eigenvalue weighted by atomic mass is 32.1. The summed E-state index contributed by atoms with van der Waals surface area (Å²) in [6.45, 7) is 0.